The van der Waals surface area contributed by atoms with Gasteiger partial charge in [0.15, 0.2) is 0 Å². The number of methoxy groups -OCH3 is 1. The van der Waals surface area contributed by atoms with Crippen LogP contribution in [-0.2, 0) is 18.0 Å². The Kier molecular flexibility index (Phi) is 4.15. The Morgan fingerprint density at radius 2 is 1.89 bits per heavy atom. The number of hydrogen-bond acceptors (Lipinski definition) is 4. The number of hydrogen-bond donors (Lipinski definition) is 1. The number of aromatic nitrogens is 1. The first-order valence-electron chi connectivity index (χ1n) is 5.70. The van der Waals surface area contributed by atoms with E-state index in [9.17, 15) is 0 Å². The second-order valence-electron chi connectivity index (χ2n) is 3.87. The topological polar surface area (TPSA) is 57.4 Å². The van der Waals surface area contributed by atoms with Crippen molar-refractivity contribution in [2.45, 2.75) is 13.2 Å². The smallest absolute Gasteiger partial charge is 0.237 e. The van der Waals surface area contributed by atoms with Crippen molar-refractivity contribution in [1.29, 1.82) is 0 Å². The Balaban J connectivity index is 1.95. The van der Waals surface area contributed by atoms with E-state index in [2.05, 4.69) is 4.98 Å². The summed E-state index contributed by atoms with van der Waals surface area (Å²) >= 11 is 0. The van der Waals surface area contributed by atoms with E-state index in [-0.39, 0.29) is 0 Å². The van der Waals surface area contributed by atoms with Gasteiger partial charge in [-0.3, -0.25) is 0 Å². The maximum absolute atomic E-state index is 5.91. The van der Waals surface area contributed by atoms with Gasteiger partial charge in [-0.05, 0) is 11.6 Å². The second-order valence-corrected chi connectivity index (χ2v) is 3.87. The predicted molar refractivity (Wildman–Crippen MR) is 70.1 cm³/mol. The molecule has 0 amide bonds. The normalized spacial score (nSPS) is 10.3. The molecule has 2 rings (SSSR count). The van der Waals surface area contributed by atoms with Crippen LogP contribution in [0.3, 0.4) is 0 Å². The zero-order valence-electron chi connectivity index (χ0n) is 10.3. The second kappa shape index (κ2) is 6.02. The van der Waals surface area contributed by atoms with Crippen LogP contribution in [0, 0.1) is 0 Å². The van der Waals surface area contributed by atoms with Crippen LogP contribution in [0.5, 0.6) is 5.88 Å². The summed E-state index contributed by atoms with van der Waals surface area (Å²) in [5.74, 6) is 0.441. The number of anilines is 1. The summed E-state index contributed by atoms with van der Waals surface area (Å²) in [4.78, 5) is 4.02. The van der Waals surface area contributed by atoms with Crippen LogP contribution in [0.4, 0.5) is 5.69 Å². The van der Waals surface area contributed by atoms with Gasteiger partial charge in [0, 0.05) is 11.8 Å². The standard InChI is InChI=1S/C14H16N2O2/c1-17-14-13(15)12(7-8-16-14)10-18-9-11-5-3-2-4-6-11/h2-8H,9-10,15H2,1H3. The minimum atomic E-state index is 0.441. The average Bonchev–Trinajstić information content (AvgIpc) is 2.42. The van der Waals surface area contributed by atoms with Crippen LogP contribution in [0.15, 0.2) is 42.6 Å². The number of rotatable bonds is 5. The van der Waals surface area contributed by atoms with Gasteiger partial charge < -0.3 is 15.2 Å². The zero-order valence-corrected chi connectivity index (χ0v) is 10.3. The number of benzene rings is 1. The van der Waals surface area contributed by atoms with Crippen LogP contribution >= 0.6 is 0 Å². The molecule has 0 aliphatic rings. The predicted octanol–water partition coefficient (Wildman–Crippen LogP) is 2.39. The van der Waals surface area contributed by atoms with E-state index >= 15 is 0 Å². The van der Waals surface area contributed by atoms with Gasteiger partial charge in [-0.2, -0.15) is 0 Å². The molecule has 1 aromatic heterocycles. The van der Waals surface area contributed by atoms with Gasteiger partial charge in [-0.1, -0.05) is 30.3 Å². The van der Waals surface area contributed by atoms with E-state index in [1.165, 1.54) is 0 Å². The van der Waals surface area contributed by atoms with Crippen molar-refractivity contribution in [2.75, 3.05) is 12.8 Å². The molecule has 2 N–H and O–H groups in total. The first-order chi connectivity index (χ1) is 8.81. The lowest BCUT2D eigenvalue weighted by Gasteiger charge is -2.09. The lowest BCUT2D eigenvalue weighted by atomic mass is 10.2. The van der Waals surface area contributed by atoms with Crippen molar-refractivity contribution in [2.24, 2.45) is 0 Å². The van der Waals surface area contributed by atoms with E-state index in [1.54, 1.807) is 13.3 Å². The summed E-state index contributed by atoms with van der Waals surface area (Å²) in [5.41, 5.74) is 8.46. The number of nitrogen functional groups attached to an aromatic ring is 1. The number of nitrogens with zero attached hydrogens (tertiary/aromatic N) is 1. The fourth-order valence-electron chi connectivity index (χ4n) is 1.63. The first kappa shape index (κ1) is 12.4. The lowest BCUT2D eigenvalue weighted by Crippen LogP contribution is -2.02. The number of ether oxygens (including phenoxy) is 2. The highest BCUT2D eigenvalue weighted by Crippen LogP contribution is 2.22. The SMILES string of the molecule is COc1nccc(COCc2ccccc2)c1N. The van der Waals surface area contributed by atoms with Crippen molar-refractivity contribution >= 4 is 5.69 Å². The van der Waals surface area contributed by atoms with Gasteiger partial charge in [0.2, 0.25) is 5.88 Å². The Labute approximate surface area is 106 Å². The van der Waals surface area contributed by atoms with Gasteiger partial charge in [0.05, 0.1) is 20.3 Å². The molecule has 0 saturated heterocycles. The van der Waals surface area contributed by atoms with Gasteiger partial charge in [0.1, 0.15) is 5.69 Å². The molecular formula is C14H16N2O2. The maximum atomic E-state index is 5.91. The first-order valence-corrected chi connectivity index (χ1v) is 5.70. The zero-order chi connectivity index (χ0) is 12.8. The third kappa shape index (κ3) is 2.99. The third-order valence-corrected chi connectivity index (χ3v) is 2.61. The van der Waals surface area contributed by atoms with Gasteiger partial charge >= 0.3 is 0 Å². The summed E-state index contributed by atoms with van der Waals surface area (Å²) in [5, 5.41) is 0. The third-order valence-electron chi connectivity index (χ3n) is 2.61. The Morgan fingerprint density at radius 1 is 1.11 bits per heavy atom. The van der Waals surface area contributed by atoms with Gasteiger partial charge in [0.25, 0.3) is 0 Å². The highest BCUT2D eigenvalue weighted by molar-refractivity contribution is 5.54. The molecule has 0 unspecified atom stereocenters. The fourth-order valence-corrected chi connectivity index (χ4v) is 1.63. The molecule has 0 spiro atoms. The van der Waals surface area contributed by atoms with E-state index in [0.717, 1.165) is 11.1 Å². The van der Waals surface area contributed by atoms with Crippen molar-refractivity contribution < 1.29 is 9.47 Å². The maximum Gasteiger partial charge on any atom is 0.237 e. The Hall–Kier alpha value is -2.07. The van der Waals surface area contributed by atoms with E-state index in [0.29, 0.717) is 24.8 Å². The Morgan fingerprint density at radius 3 is 2.61 bits per heavy atom. The van der Waals surface area contributed by atoms with Gasteiger partial charge in [-0.15, -0.1) is 0 Å². The molecule has 0 aliphatic heterocycles. The summed E-state index contributed by atoms with van der Waals surface area (Å²) in [6.45, 7) is 1.00. The average molecular weight is 244 g/mol. The minimum Gasteiger partial charge on any atom is -0.480 e. The van der Waals surface area contributed by atoms with Gasteiger partial charge in [-0.25, -0.2) is 4.98 Å². The molecule has 4 heteroatoms. The van der Waals surface area contributed by atoms with E-state index < -0.39 is 0 Å². The molecule has 0 atom stereocenters. The lowest BCUT2D eigenvalue weighted by molar-refractivity contribution is 0.107. The molecule has 18 heavy (non-hydrogen) atoms. The molecule has 94 valence electrons. The number of pyridine rings is 1. The molecule has 1 aromatic carbocycles. The van der Waals surface area contributed by atoms with Crippen LogP contribution < -0.4 is 10.5 Å². The Bertz CT molecular complexity index is 500. The summed E-state index contributed by atoms with van der Waals surface area (Å²) in [6, 6.07) is 11.8. The molecule has 0 aliphatic carbocycles. The van der Waals surface area contributed by atoms with E-state index in [4.69, 9.17) is 15.2 Å². The molecular weight excluding hydrogens is 228 g/mol. The largest absolute Gasteiger partial charge is 0.480 e. The fraction of sp³-hybridized carbons (Fsp3) is 0.214. The molecule has 4 nitrogen and oxygen atoms in total. The quantitative estimate of drug-likeness (QED) is 0.877. The minimum absolute atomic E-state index is 0.441. The number of nitrogens with two attached hydrogens (primary N) is 1. The van der Waals surface area contributed by atoms with Crippen LogP contribution in [-0.4, -0.2) is 12.1 Å². The molecule has 2 aromatic rings. The monoisotopic (exact) mass is 244 g/mol. The molecule has 0 saturated carbocycles. The highest BCUT2D eigenvalue weighted by atomic mass is 16.5. The molecule has 0 bridgehead atoms. The summed E-state index contributed by atoms with van der Waals surface area (Å²) < 4.78 is 10.7. The van der Waals surface area contributed by atoms with Crippen LogP contribution in [0.1, 0.15) is 11.1 Å². The van der Waals surface area contributed by atoms with Crippen LogP contribution in [0.2, 0.25) is 0 Å². The van der Waals surface area contributed by atoms with E-state index in [1.807, 2.05) is 36.4 Å². The van der Waals surface area contributed by atoms with Crippen molar-refractivity contribution in [3.05, 3.63) is 53.7 Å². The summed E-state index contributed by atoms with van der Waals surface area (Å²) in [7, 11) is 1.55. The van der Waals surface area contributed by atoms with Crippen molar-refractivity contribution in [3.8, 4) is 5.88 Å². The highest BCUT2D eigenvalue weighted by Gasteiger charge is 2.06. The molecule has 1 heterocycles. The van der Waals surface area contributed by atoms with Crippen LogP contribution in [0.25, 0.3) is 0 Å². The molecule has 0 radical (unpaired) electrons. The van der Waals surface area contributed by atoms with Crippen molar-refractivity contribution in [3.63, 3.8) is 0 Å². The molecule has 0 fully saturated rings. The summed E-state index contributed by atoms with van der Waals surface area (Å²) in [6.07, 6.45) is 1.66. The van der Waals surface area contributed by atoms with Crippen molar-refractivity contribution in [1.82, 2.24) is 4.98 Å².